The summed E-state index contributed by atoms with van der Waals surface area (Å²) in [5, 5.41) is 6.16. The van der Waals surface area contributed by atoms with Gasteiger partial charge in [-0.1, -0.05) is 36.0 Å². The van der Waals surface area contributed by atoms with Gasteiger partial charge in [0.25, 0.3) is 0 Å². The molecule has 1 aromatic carbocycles. The summed E-state index contributed by atoms with van der Waals surface area (Å²) in [6.07, 6.45) is 8.05. The molecule has 2 fully saturated rings. The van der Waals surface area contributed by atoms with Crippen molar-refractivity contribution >= 4 is 35.4 Å². The Balaban J connectivity index is 1.69. The van der Waals surface area contributed by atoms with Crippen LogP contribution in [-0.2, 0) is 6.67 Å². The summed E-state index contributed by atoms with van der Waals surface area (Å²) >= 11 is 18.4. The van der Waals surface area contributed by atoms with Crippen molar-refractivity contribution in [3.63, 3.8) is 0 Å². The Morgan fingerprint density at radius 2 is 1.89 bits per heavy atom. The molecule has 0 amide bonds. The summed E-state index contributed by atoms with van der Waals surface area (Å²) in [6.45, 7) is 6.16. The number of fused-ring (bicyclic) bond motifs is 1. The van der Waals surface area contributed by atoms with Crippen LogP contribution in [0.3, 0.4) is 0 Å². The van der Waals surface area contributed by atoms with E-state index in [1.807, 2.05) is 16.8 Å². The van der Waals surface area contributed by atoms with Gasteiger partial charge in [0.2, 0.25) is 0 Å². The summed E-state index contributed by atoms with van der Waals surface area (Å²) in [5.74, 6) is 1.66. The van der Waals surface area contributed by atoms with Crippen LogP contribution >= 0.6 is 35.4 Å². The first-order chi connectivity index (χ1) is 13.5. The van der Waals surface area contributed by atoms with Crippen molar-refractivity contribution in [1.82, 2.24) is 19.2 Å². The Hall–Kier alpha value is -0.880. The van der Waals surface area contributed by atoms with Crippen LogP contribution < -0.4 is 0 Å². The summed E-state index contributed by atoms with van der Waals surface area (Å²) in [4.78, 5) is 2.61. The maximum absolute atomic E-state index is 6.49. The maximum Gasteiger partial charge on any atom is 0.199 e. The molecule has 2 aromatic rings. The predicted octanol–water partition coefficient (Wildman–Crippen LogP) is 6.58. The number of piperidine rings is 1. The fraction of sp³-hybridized carbons (Fsp3) is 0.619. The van der Waals surface area contributed by atoms with Crippen LogP contribution in [0.25, 0.3) is 11.4 Å². The fourth-order valence-electron chi connectivity index (χ4n) is 4.91. The third-order valence-corrected chi connectivity index (χ3v) is 7.19. The average molecular weight is 439 g/mol. The average Bonchev–Trinajstić information content (AvgIpc) is 2.98. The Bertz CT molecular complexity index is 902. The highest BCUT2D eigenvalue weighted by molar-refractivity contribution is 7.71. The number of rotatable bonds is 4. The molecule has 7 heteroatoms. The second-order valence-electron chi connectivity index (χ2n) is 8.40. The maximum atomic E-state index is 6.49. The molecule has 1 aliphatic carbocycles. The number of halogens is 2. The van der Waals surface area contributed by atoms with Gasteiger partial charge in [0.1, 0.15) is 0 Å². The molecular formula is C21H28Cl2N4S. The second-order valence-corrected chi connectivity index (χ2v) is 9.61. The van der Waals surface area contributed by atoms with E-state index in [0.717, 1.165) is 35.3 Å². The van der Waals surface area contributed by atoms with E-state index in [1.165, 1.54) is 38.5 Å². The third kappa shape index (κ3) is 3.91. The van der Waals surface area contributed by atoms with E-state index >= 15 is 0 Å². The lowest BCUT2D eigenvalue weighted by Gasteiger charge is -2.43. The van der Waals surface area contributed by atoms with Crippen molar-refractivity contribution in [2.24, 2.45) is 5.92 Å². The molecular weight excluding hydrogens is 411 g/mol. The highest BCUT2D eigenvalue weighted by atomic mass is 35.5. The highest BCUT2D eigenvalue weighted by Gasteiger charge is 2.33. The number of nitrogens with zero attached hydrogens (tertiary/aromatic N) is 4. The SMILES string of the molecule is CC(C)n1c(-c2ccc(Cl)cc2Cl)nn(CN2CCC[C@H]3CCCC[C@@H]32)c1=S. The number of benzene rings is 1. The molecule has 0 N–H and O–H groups in total. The van der Waals surface area contributed by atoms with Crippen molar-refractivity contribution in [3.8, 4) is 11.4 Å². The highest BCUT2D eigenvalue weighted by Crippen LogP contribution is 2.36. The molecule has 0 radical (unpaired) electrons. The van der Waals surface area contributed by atoms with Crippen molar-refractivity contribution in [3.05, 3.63) is 33.0 Å². The smallest absolute Gasteiger partial charge is 0.199 e. The minimum Gasteiger partial charge on any atom is -0.297 e. The molecule has 1 saturated heterocycles. The van der Waals surface area contributed by atoms with Gasteiger partial charge in [0.05, 0.1) is 11.7 Å². The normalized spacial score (nSPS) is 23.2. The lowest BCUT2D eigenvalue weighted by molar-refractivity contribution is 0.0323. The van der Waals surface area contributed by atoms with Gasteiger partial charge in [-0.25, -0.2) is 4.68 Å². The van der Waals surface area contributed by atoms with Crippen LogP contribution in [0.1, 0.15) is 58.4 Å². The number of likely N-dealkylation sites (tertiary alicyclic amines) is 1. The van der Waals surface area contributed by atoms with E-state index in [2.05, 4.69) is 23.3 Å². The summed E-state index contributed by atoms with van der Waals surface area (Å²) in [6, 6.07) is 6.43. The van der Waals surface area contributed by atoms with Crippen molar-refractivity contribution < 1.29 is 0 Å². The fourth-order valence-corrected chi connectivity index (χ4v) is 5.80. The lowest BCUT2D eigenvalue weighted by Crippen LogP contribution is -2.47. The molecule has 2 aliphatic rings. The first-order valence-corrected chi connectivity index (χ1v) is 11.5. The molecule has 1 aliphatic heterocycles. The topological polar surface area (TPSA) is 26.0 Å². The zero-order valence-electron chi connectivity index (χ0n) is 16.6. The van der Waals surface area contributed by atoms with Crippen LogP contribution in [0.2, 0.25) is 10.0 Å². The molecule has 2 heterocycles. The zero-order chi connectivity index (χ0) is 19.8. The minimum absolute atomic E-state index is 0.201. The van der Waals surface area contributed by atoms with Gasteiger partial charge < -0.3 is 0 Å². The number of hydrogen-bond acceptors (Lipinski definition) is 3. The van der Waals surface area contributed by atoms with Crippen LogP contribution in [0.15, 0.2) is 18.2 Å². The van der Waals surface area contributed by atoms with Gasteiger partial charge in [-0.2, -0.15) is 5.10 Å². The zero-order valence-corrected chi connectivity index (χ0v) is 18.9. The molecule has 4 rings (SSSR count). The molecule has 0 bridgehead atoms. The Kier molecular flexibility index (Phi) is 6.17. The van der Waals surface area contributed by atoms with Gasteiger partial charge in [-0.05, 0) is 75.9 Å². The van der Waals surface area contributed by atoms with Crippen LogP contribution in [-0.4, -0.2) is 31.8 Å². The molecule has 1 aromatic heterocycles. The molecule has 152 valence electrons. The summed E-state index contributed by atoms with van der Waals surface area (Å²) in [5.41, 5.74) is 0.874. The van der Waals surface area contributed by atoms with Crippen LogP contribution in [0.5, 0.6) is 0 Å². The second kappa shape index (κ2) is 8.47. The van der Waals surface area contributed by atoms with Crippen molar-refractivity contribution in [2.45, 2.75) is 71.1 Å². The van der Waals surface area contributed by atoms with E-state index in [4.69, 9.17) is 40.5 Å². The summed E-state index contributed by atoms with van der Waals surface area (Å²) in [7, 11) is 0. The molecule has 2 atom stereocenters. The number of hydrogen-bond donors (Lipinski definition) is 0. The summed E-state index contributed by atoms with van der Waals surface area (Å²) < 4.78 is 4.85. The Morgan fingerprint density at radius 1 is 1.14 bits per heavy atom. The Labute approximate surface area is 182 Å². The van der Waals surface area contributed by atoms with E-state index in [0.29, 0.717) is 16.1 Å². The minimum atomic E-state index is 0.201. The van der Waals surface area contributed by atoms with Gasteiger partial charge in [0, 0.05) is 29.2 Å². The standard InChI is InChI=1S/C21H28Cl2N4S/c1-14(2)27-20(17-10-9-16(22)12-18(17)23)24-26(21(27)28)13-25-11-5-7-15-6-3-4-8-19(15)25/h9-10,12,14-15,19H,3-8,11,13H2,1-2H3/t15-,19+/m1/s1. The molecule has 28 heavy (non-hydrogen) atoms. The van der Waals surface area contributed by atoms with Crippen molar-refractivity contribution in [1.29, 1.82) is 0 Å². The first-order valence-electron chi connectivity index (χ1n) is 10.3. The predicted molar refractivity (Wildman–Crippen MR) is 119 cm³/mol. The van der Waals surface area contributed by atoms with Gasteiger partial charge >= 0.3 is 0 Å². The molecule has 0 spiro atoms. The monoisotopic (exact) mass is 438 g/mol. The van der Waals surface area contributed by atoms with Crippen LogP contribution in [0.4, 0.5) is 0 Å². The third-order valence-electron chi connectivity index (χ3n) is 6.23. The van der Waals surface area contributed by atoms with Gasteiger partial charge in [0.15, 0.2) is 10.6 Å². The first kappa shape index (κ1) is 20.4. The van der Waals surface area contributed by atoms with E-state index < -0.39 is 0 Å². The largest absolute Gasteiger partial charge is 0.297 e. The lowest BCUT2D eigenvalue weighted by atomic mass is 9.78. The quantitative estimate of drug-likeness (QED) is 0.503. The van der Waals surface area contributed by atoms with E-state index in [9.17, 15) is 0 Å². The van der Waals surface area contributed by atoms with Crippen LogP contribution in [0, 0.1) is 10.7 Å². The van der Waals surface area contributed by atoms with E-state index in [-0.39, 0.29) is 6.04 Å². The number of aromatic nitrogens is 3. The molecule has 0 unspecified atom stereocenters. The molecule has 4 nitrogen and oxygen atoms in total. The van der Waals surface area contributed by atoms with Crippen molar-refractivity contribution in [2.75, 3.05) is 6.54 Å². The van der Waals surface area contributed by atoms with E-state index in [1.54, 1.807) is 6.07 Å². The van der Waals surface area contributed by atoms with Gasteiger partial charge in [-0.3, -0.25) is 9.47 Å². The molecule has 1 saturated carbocycles. The Morgan fingerprint density at radius 3 is 2.64 bits per heavy atom. The van der Waals surface area contributed by atoms with Gasteiger partial charge in [-0.15, -0.1) is 0 Å².